The van der Waals surface area contributed by atoms with Gasteiger partial charge in [-0.1, -0.05) is 0 Å². The molecule has 0 aromatic heterocycles. The minimum Gasteiger partial charge on any atom is -0.390 e. The Labute approximate surface area is 99.0 Å². The molecule has 0 saturated carbocycles. The molecule has 4 heteroatoms. The highest BCUT2D eigenvalue weighted by Gasteiger charge is 2.13. The summed E-state index contributed by atoms with van der Waals surface area (Å²) >= 11 is 0. The van der Waals surface area contributed by atoms with E-state index in [9.17, 15) is 5.11 Å². The number of likely N-dealkylation sites (N-methyl/N-ethyl adjacent to an activating group) is 1. The van der Waals surface area contributed by atoms with E-state index in [4.69, 9.17) is 4.74 Å². The standard InChI is InChI=1S/C12H26N2O2/c1-14(2)10-11(15)9-13-7-6-12-5-3-4-8-16-12/h11-13,15H,3-10H2,1-2H3. The van der Waals surface area contributed by atoms with Crippen LogP contribution in [0.3, 0.4) is 0 Å². The van der Waals surface area contributed by atoms with Crippen LogP contribution < -0.4 is 5.32 Å². The van der Waals surface area contributed by atoms with Crippen molar-refractivity contribution < 1.29 is 9.84 Å². The highest BCUT2D eigenvalue weighted by molar-refractivity contribution is 4.67. The molecule has 96 valence electrons. The molecule has 2 unspecified atom stereocenters. The third-order valence-corrected chi connectivity index (χ3v) is 2.87. The second kappa shape index (κ2) is 8.01. The van der Waals surface area contributed by atoms with Crippen LogP contribution in [-0.2, 0) is 4.74 Å². The molecule has 0 aromatic rings. The van der Waals surface area contributed by atoms with E-state index in [2.05, 4.69) is 5.32 Å². The van der Waals surface area contributed by atoms with E-state index in [-0.39, 0.29) is 6.10 Å². The summed E-state index contributed by atoms with van der Waals surface area (Å²) in [4.78, 5) is 2.00. The number of ether oxygens (including phenoxy) is 1. The monoisotopic (exact) mass is 230 g/mol. The molecule has 1 saturated heterocycles. The Kier molecular flexibility index (Phi) is 6.96. The van der Waals surface area contributed by atoms with Gasteiger partial charge < -0.3 is 20.1 Å². The average molecular weight is 230 g/mol. The summed E-state index contributed by atoms with van der Waals surface area (Å²) in [5.74, 6) is 0. The predicted molar refractivity (Wildman–Crippen MR) is 65.6 cm³/mol. The highest BCUT2D eigenvalue weighted by atomic mass is 16.5. The van der Waals surface area contributed by atoms with Crippen molar-refractivity contribution in [2.24, 2.45) is 0 Å². The fraction of sp³-hybridized carbons (Fsp3) is 1.00. The zero-order valence-electron chi connectivity index (χ0n) is 10.6. The van der Waals surface area contributed by atoms with Crippen LogP contribution in [0.4, 0.5) is 0 Å². The first-order valence-corrected chi connectivity index (χ1v) is 6.33. The quantitative estimate of drug-likeness (QED) is 0.624. The van der Waals surface area contributed by atoms with Crippen LogP contribution in [0.25, 0.3) is 0 Å². The minimum atomic E-state index is -0.276. The van der Waals surface area contributed by atoms with Crippen molar-refractivity contribution in [2.45, 2.75) is 37.9 Å². The molecule has 0 amide bonds. The zero-order chi connectivity index (χ0) is 11.8. The van der Waals surface area contributed by atoms with E-state index in [1.807, 2.05) is 19.0 Å². The fourth-order valence-electron chi connectivity index (χ4n) is 2.05. The maximum Gasteiger partial charge on any atom is 0.0791 e. The van der Waals surface area contributed by atoms with Crippen molar-refractivity contribution in [1.29, 1.82) is 0 Å². The van der Waals surface area contributed by atoms with Crippen LogP contribution in [0.5, 0.6) is 0 Å². The summed E-state index contributed by atoms with van der Waals surface area (Å²) < 4.78 is 5.64. The number of hydrogen-bond acceptors (Lipinski definition) is 4. The summed E-state index contributed by atoms with van der Waals surface area (Å²) in [6.07, 6.45) is 4.94. The lowest BCUT2D eigenvalue weighted by Crippen LogP contribution is -2.36. The SMILES string of the molecule is CN(C)CC(O)CNCCC1CCCCO1. The molecule has 0 aliphatic carbocycles. The van der Waals surface area contributed by atoms with Gasteiger partial charge in [-0.25, -0.2) is 0 Å². The largest absolute Gasteiger partial charge is 0.390 e. The van der Waals surface area contributed by atoms with Crippen LogP contribution in [0.15, 0.2) is 0 Å². The van der Waals surface area contributed by atoms with E-state index in [0.717, 1.165) is 19.6 Å². The third-order valence-electron chi connectivity index (χ3n) is 2.87. The zero-order valence-corrected chi connectivity index (χ0v) is 10.6. The molecule has 0 aromatic carbocycles. The summed E-state index contributed by atoms with van der Waals surface area (Å²) in [6.45, 7) is 3.25. The van der Waals surface area contributed by atoms with Gasteiger partial charge in [-0.2, -0.15) is 0 Å². The number of aliphatic hydroxyl groups is 1. The maximum atomic E-state index is 9.62. The molecule has 0 bridgehead atoms. The van der Waals surface area contributed by atoms with E-state index in [1.54, 1.807) is 0 Å². The van der Waals surface area contributed by atoms with E-state index in [0.29, 0.717) is 19.2 Å². The second-order valence-corrected chi connectivity index (χ2v) is 4.90. The number of aliphatic hydroxyl groups excluding tert-OH is 1. The molecule has 1 fully saturated rings. The smallest absolute Gasteiger partial charge is 0.0791 e. The van der Waals surface area contributed by atoms with Gasteiger partial charge >= 0.3 is 0 Å². The number of nitrogens with one attached hydrogen (secondary N) is 1. The van der Waals surface area contributed by atoms with Crippen LogP contribution in [0.2, 0.25) is 0 Å². The number of hydrogen-bond donors (Lipinski definition) is 2. The molecule has 1 rings (SSSR count). The van der Waals surface area contributed by atoms with Gasteiger partial charge in [0.2, 0.25) is 0 Å². The molecular weight excluding hydrogens is 204 g/mol. The molecule has 0 spiro atoms. The highest BCUT2D eigenvalue weighted by Crippen LogP contribution is 2.14. The lowest BCUT2D eigenvalue weighted by molar-refractivity contribution is 0.0110. The van der Waals surface area contributed by atoms with Gasteiger partial charge in [-0.15, -0.1) is 0 Å². The predicted octanol–water partition coefficient (Wildman–Crippen LogP) is 0.458. The van der Waals surface area contributed by atoms with Crippen LogP contribution in [0.1, 0.15) is 25.7 Å². The van der Waals surface area contributed by atoms with Gasteiger partial charge in [0.15, 0.2) is 0 Å². The lowest BCUT2D eigenvalue weighted by atomic mass is 10.1. The topological polar surface area (TPSA) is 44.7 Å². The molecule has 0 radical (unpaired) electrons. The molecule has 4 nitrogen and oxygen atoms in total. The molecule has 1 aliphatic heterocycles. The fourth-order valence-corrected chi connectivity index (χ4v) is 2.05. The number of nitrogens with zero attached hydrogens (tertiary/aromatic N) is 1. The Balaban J connectivity index is 1.94. The summed E-state index contributed by atoms with van der Waals surface area (Å²) in [5.41, 5.74) is 0. The van der Waals surface area contributed by atoms with E-state index in [1.165, 1.54) is 19.3 Å². The van der Waals surface area contributed by atoms with Crippen molar-refractivity contribution in [3.63, 3.8) is 0 Å². The van der Waals surface area contributed by atoms with Gasteiger partial charge in [0.25, 0.3) is 0 Å². The van der Waals surface area contributed by atoms with Gasteiger partial charge in [0.05, 0.1) is 12.2 Å². The summed E-state index contributed by atoms with van der Waals surface area (Å²) in [5, 5.41) is 12.9. The lowest BCUT2D eigenvalue weighted by Gasteiger charge is -2.23. The summed E-state index contributed by atoms with van der Waals surface area (Å²) in [7, 11) is 3.94. The summed E-state index contributed by atoms with van der Waals surface area (Å²) in [6, 6.07) is 0. The van der Waals surface area contributed by atoms with Crippen molar-refractivity contribution >= 4 is 0 Å². The van der Waals surface area contributed by atoms with Crippen molar-refractivity contribution in [3.05, 3.63) is 0 Å². The van der Waals surface area contributed by atoms with Crippen molar-refractivity contribution in [1.82, 2.24) is 10.2 Å². The minimum absolute atomic E-state index is 0.276. The first-order chi connectivity index (χ1) is 7.68. The molecule has 2 atom stereocenters. The first kappa shape index (κ1) is 13.9. The van der Waals surface area contributed by atoms with Crippen LogP contribution in [-0.4, -0.2) is 62.6 Å². The van der Waals surface area contributed by atoms with E-state index >= 15 is 0 Å². The van der Waals surface area contributed by atoms with Gasteiger partial charge in [0.1, 0.15) is 0 Å². The molecule has 2 N–H and O–H groups in total. The van der Waals surface area contributed by atoms with Crippen molar-refractivity contribution in [2.75, 3.05) is 40.3 Å². The Morgan fingerprint density at radius 3 is 2.88 bits per heavy atom. The van der Waals surface area contributed by atoms with Gasteiger partial charge in [-0.3, -0.25) is 0 Å². The molecule has 16 heavy (non-hydrogen) atoms. The van der Waals surface area contributed by atoms with Crippen molar-refractivity contribution in [3.8, 4) is 0 Å². The van der Waals surface area contributed by atoms with Gasteiger partial charge in [-0.05, 0) is 46.3 Å². The number of rotatable bonds is 7. The molecule has 1 aliphatic rings. The Morgan fingerprint density at radius 2 is 2.25 bits per heavy atom. The molecular formula is C12H26N2O2. The maximum absolute atomic E-state index is 9.62. The second-order valence-electron chi connectivity index (χ2n) is 4.90. The average Bonchev–Trinajstić information content (AvgIpc) is 2.25. The Morgan fingerprint density at radius 1 is 1.44 bits per heavy atom. The van der Waals surface area contributed by atoms with E-state index < -0.39 is 0 Å². The van der Waals surface area contributed by atoms with Gasteiger partial charge in [0, 0.05) is 19.7 Å². The van der Waals surface area contributed by atoms with Crippen LogP contribution >= 0.6 is 0 Å². The normalized spacial score (nSPS) is 23.6. The third kappa shape index (κ3) is 6.43. The Hall–Kier alpha value is -0.160. The Bertz CT molecular complexity index is 170. The first-order valence-electron chi connectivity index (χ1n) is 6.33. The molecule has 1 heterocycles. The van der Waals surface area contributed by atoms with Crippen LogP contribution in [0, 0.1) is 0 Å².